The Balaban J connectivity index is 3.23. The smallest absolute Gasteiger partial charge is 0.144 e. The fraction of sp³-hybridized carbons (Fsp3) is 0.250. The van der Waals surface area contributed by atoms with E-state index in [4.69, 9.17) is 17.3 Å². The molecule has 1 aromatic carbocycles. The SMILES string of the molecule is C[C@@H](N)c1cc(Cl)c(F)cc1F. The van der Waals surface area contributed by atoms with Crippen molar-refractivity contribution >= 4 is 11.6 Å². The lowest BCUT2D eigenvalue weighted by Gasteiger charge is -2.07. The summed E-state index contributed by atoms with van der Waals surface area (Å²) in [6.45, 7) is 1.60. The Morgan fingerprint density at radius 3 is 2.42 bits per heavy atom. The van der Waals surface area contributed by atoms with Gasteiger partial charge in [-0.15, -0.1) is 0 Å². The summed E-state index contributed by atoms with van der Waals surface area (Å²) >= 11 is 5.43. The summed E-state index contributed by atoms with van der Waals surface area (Å²) in [5.41, 5.74) is 5.64. The lowest BCUT2D eigenvalue weighted by atomic mass is 10.1. The van der Waals surface area contributed by atoms with Crippen LogP contribution >= 0.6 is 11.6 Å². The van der Waals surface area contributed by atoms with Gasteiger partial charge in [-0.1, -0.05) is 11.6 Å². The first-order valence-corrected chi connectivity index (χ1v) is 3.80. The molecule has 66 valence electrons. The average Bonchev–Trinajstić information content (AvgIpc) is 1.96. The van der Waals surface area contributed by atoms with Gasteiger partial charge in [0, 0.05) is 17.7 Å². The van der Waals surface area contributed by atoms with E-state index in [1.54, 1.807) is 6.92 Å². The number of benzene rings is 1. The lowest BCUT2D eigenvalue weighted by molar-refractivity contribution is 0.562. The topological polar surface area (TPSA) is 26.0 Å². The van der Waals surface area contributed by atoms with Crippen molar-refractivity contribution in [1.29, 1.82) is 0 Å². The molecule has 0 fully saturated rings. The zero-order valence-corrected chi connectivity index (χ0v) is 7.20. The minimum absolute atomic E-state index is 0.108. The maximum Gasteiger partial charge on any atom is 0.144 e. The number of hydrogen-bond donors (Lipinski definition) is 1. The van der Waals surface area contributed by atoms with E-state index in [2.05, 4.69) is 0 Å². The molecule has 0 heterocycles. The zero-order chi connectivity index (χ0) is 9.30. The van der Waals surface area contributed by atoms with E-state index < -0.39 is 17.7 Å². The van der Waals surface area contributed by atoms with Gasteiger partial charge in [-0.3, -0.25) is 0 Å². The van der Waals surface area contributed by atoms with Crippen LogP contribution in [0.15, 0.2) is 12.1 Å². The summed E-state index contributed by atoms with van der Waals surface area (Å²) in [5.74, 6) is -1.43. The third kappa shape index (κ3) is 1.73. The quantitative estimate of drug-likeness (QED) is 0.679. The minimum atomic E-state index is -0.765. The highest BCUT2D eigenvalue weighted by atomic mass is 35.5. The molecule has 0 unspecified atom stereocenters. The molecule has 0 amide bonds. The predicted molar refractivity (Wildman–Crippen MR) is 44.0 cm³/mol. The third-order valence-corrected chi connectivity index (χ3v) is 1.82. The fourth-order valence-electron chi connectivity index (χ4n) is 0.887. The molecule has 2 N–H and O–H groups in total. The molecule has 0 spiro atoms. The number of nitrogens with two attached hydrogens (primary N) is 1. The Labute approximate surface area is 74.1 Å². The van der Waals surface area contributed by atoms with E-state index >= 15 is 0 Å². The Hall–Kier alpha value is -0.670. The molecule has 12 heavy (non-hydrogen) atoms. The van der Waals surface area contributed by atoms with E-state index in [0.717, 1.165) is 6.07 Å². The van der Waals surface area contributed by atoms with Gasteiger partial charge in [0.15, 0.2) is 0 Å². The van der Waals surface area contributed by atoms with Gasteiger partial charge in [-0.25, -0.2) is 8.78 Å². The largest absolute Gasteiger partial charge is 0.324 e. The summed E-state index contributed by atoms with van der Waals surface area (Å²) in [5, 5.41) is -0.108. The molecule has 1 atom stereocenters. The lowest BCUT2D eigenvalue weighted by Crippen LogP contribution is -2.07. The second-order valence-corrected chi connectivity index (χ2v) is 2.98. The molecular formula is C8H8ClF2N. The molecular weight excluding hydrogens is 184 g/mol. The van der Waals surface area contributed by atoms with Crippen LogP contribution in [-0.2, 0) is 0 Å². The predicted octanol–water partition coefficient (Wildman–Crippen LogP) is 2.64. The van der Waals surface area contributed by atoms with Crippen molar-refractivity contribution < 1.29 is 8.78 Å². The van der Waals surface area contributed by atoms with Gasteiger partial charge in [0.1, 0.15) is 11.6 Å². The standard InChI is InChI=1S/C8H8ClF2N/c1-4(12)5-2-6(9)8(11)3-7(5)10/h2-4H,12H2,1H3/t4-/m1/s1. The van der Waals surface area contributed by atoms with Gasteiger partial charge in [-0.2, -0.15) is 0 Å². The van der Waals surface area contributed by atoms with Crippen LogP contribution in [0.3, 0.4) is 0 Å². The van der Waals surface area contributed by atoms with E-state index in [1.165, 1.54) is 6.07 Å². The summed E-state index contributed by atoms with van der Waals surface area (Å²) in [7, 11) is 0. The van der Waals surface area contributed by atoms with Crippen LogP contribution in [0.4, 0.5) is 8.78 Å². The normalized spacial score (nSPS) is 13.1. The molecule has 1 aromatic rings. The second-order valence-electron chi connectivity index (χ2n) is 2.58. The van der Waals surface area contributed by atoms with Gasteiger partial charge >= 0.3 is 0 Å². The maximum absolute atomic E-state index is 12.9. The van der Waals surface area contributed by atoms with E-state index in [0.29, 0.717) is 0 Å². The third-order valence-electron chi connectivity index (χ3n) is 1.53. The molecule has 0 radical (unpaired) electrons. The van der Waals surface area contributed by atoms with Crippen molar-refractivity contribution in [1.82, 2.24) is 0 Å². The highest BCUT2D eigenvalue weighted by Gasteiger charge is 2.10. The highest BCUT2D eigenvalue weighted by molar-refractivity contribution is 6.30. The number of rotatable bonds is 1. The molecule has 0 aliphatic rings. The van der Waals surface area contributed by atoms with Crippen molar-refractivity contribution in [2.24, 2.45) is 5.73 Å². The first kappa shape index (κ1) is 9.42. The Bertz CT molecular complexity index is 299. The van der Waals surface area contributed by atoms with Crippen molar-refractivity contribution in [3.8, 4) is 0 Å². The molecule has 0 aromatic heterocycles. The molecule has 0 saturated heterocycles. The van der Waals surface area contributed by atoms with E-state index in [9.17, 15) is 8.78 Å². The van der Waals surface area contributed by atoms with Crippen LogP contribution in [0.5, 0.6) is 0 Å². The van der Waals surface area contributed by atoms with E-state index in [1.807, 2.05) is 0 Å². The van der Waals surface area contributed by atoms with Crippen LogP contribution in [-0.4, -0.2) is 0 Å². The van der Waals surface area contributed by atoms with Gasteiger partial charge < -0.3 is 5.73 Å². The fourth-order valence-corrected chi connectivity index (χ4v) is 1.06. The summed E-state index contributed by atoms with van der Waals surface area (Å²) in [6, 6.07) is 1.46. The Kier molecular flexibility index (Phi) is 2.65. The van der Waals surface area contributed by atoms with Crippen LogP contribution in [0.25, 0.3) is 0 Å². The van der Waals surface area contributed by atoms with Gasteiger partial charge in [0.2, 0.25) is 0 Å². The average molecular weight is 192 g/mol. The van der Waals surface area contributed by atoms with Crippen LogP contribution in [0.1, 0.15) is 18.5 Å². The maximum atomic E-state index is 12.9. The monoisotopic (exact) mass is 191 g/mol. The van der Waals surface area contributed by atoms with Crippen LogP contribution in [0.2, 0.25) is 5.02 Å². The second kappa shape index (κ2) is 3.37. The minimum Gasteiger partial charge on any atom is -0.324 e. The molecule has 0 bridgehead atoms. The van der Waals surface area contributed by atoms with Gasteiger partial charge in [-0.05, 0) is 13.0 Å². The van der Waals surface area contributed by atoms with Crippen molar-refractivity contribution in [2.45, 2.75) is 13.0 Å². The van der Waals surface area contributed by atoms with Crippen LogP contribution in [0, 0.1) is 11.6 Å². The van der Waals surface area contributed by atoms with Gasteiger partial charge in [0.05, 0.1) is 5.02 Å². The molecule has 0 aliphatic heterocycles. The van der Waals surface area contributed by atoms with Gasteiger partial charge in [0.25, 0.3) is 0 Å². The Morgan fingerprint density at radius 1 is 1.33 bits per heavy atom. The van der Waals surface area contributed by atoms with Crippen LogP contribution < -0.4 is 5.73 Å². The first-order chi connectivity index (χ1) is 5.52. The molecule has 4 heteroatoms. The number of hydrogen-bond acceptors (Lipinski definition) is 1. The van der Waals surface area contributed by atoms with Crippen molar-refractivity contribution in [3.63, 3.8) is 0 Å². The summed E-state index contributed by atoms with van der Waals surface area (Å²) < 4.78 is 25.5. The van der Waals surface area contributed by atoms with Crippen molar-refractivity contribution in [3.05, 3.63) is 34.4 Å². The van der Waals surface area contributed by atoms with E-state index in [-0.39, 0.29) is 10.6 Å². The highest BCUT2D eigenvalue weighted by Crippen LogP contribution is 2.22. The summed E-state index contributed by atoms with van der Waals surface area (Å²) in [4.78, 5) is 0. The summed E-state index contributed by atoms with van der Waals surface area (Å²) in [6.07, 6.45) is 0. The zero-order valence-electron chi connectivity index (χ0n) is 6.44. The Morgan fingerprint density at radius 2 is 1.92 bits per heavy atom. The molecule has 0 aliphatic carbocycles. The molecule has 1 nitrogen and oxygen atoms in total. The number of halogens is 3. The molecule has 1 rings (SSSR count). The van der Waals surface area contributed by atoms with Crippen molar-refractivity contribution in [2.75, 3.05) is 0 Å². The molecule has 0 saturated carbocycles. The first-order valence-electron chi connectivity index (χ1n) is 3.42.